The predicted octanol–water partition coefficient (Wildman–Crippen LogP) is 12.4. The summed E-state index contributed by atoms with van der Waals surface area (Å²) in [5, 5.41) is 0. The molecule has 10 rings (SSSR count). The minimum atomic E-state index is -0.742. The summed E-state index contributed by atoms with van der Waals surface area (Å²) < 4.78 is 71.7. The molecule has 16 heteroatoms. The molecule has 6 fully saturated rings. The predicted molar refractivity (Wildman–Crippen MR) is 324 cm³/mol. The highest BCUT2D eigenvalue weighted by Gasteiger charge is 2.61. The zero-order valence-corrected chi connectivity index (χ0v) is 51.9. The summed E-state index contributed by atoms with van der Waals surface area (Å²) in [6, 6.07) is 0. The number of hydrogen-bond acceptors (Lipinski definition) is 16. The van der Waals surface area contributed by atoms with E-state index in [-0.39, 0.29) is 92.4 Å². The van der Waals surface area contributed by atoms with Crippen LogP contribution >= 0.6 is 0 Å². The maximum Gasteiger partial charge on any atom is 0.190 e. The normalized spacial score (nSPS) is 33.0. The molecule has 84 heavy (non-hydrogen) atoms. The van der Waals surface area contributed by atoms with Gasteiger partial charge >= 0.3 is 0 Å². The number of rotatable bonds is 28. The minimum Gasteiger partial charge on any atom is -0.358 e. The second kappa shape index (κ2) is 33.1. The van der Waals surface area contributed by atoms with Crippen LogP contribution < -0.4 is 0 Å². The highest BCUT2D eigenvalue weighted by molar-refractivity contribution is 5.82. The van der Waals surface area contributed by atoms with E-state index < -0.39 is 41.3 Å². The van der Waals surface area contributed by atoms with Gasteiger partial charge in [0.15, 0.2) is 25.2 Å². The molecule has 480 valence electrons. The van der Waals surface area contributed by atoms with Gasteiger partial charge in [-0.25, -0.2) is 0 Å². The molecule has 0 spiro atoms. The number of hydrogen-bond donors (Lipinski definition) is 0. The lowest BCUT2D eigenvalue weighted by Crippen LogP contribution is -2.51. The molecule has 10 aliphatic rings. The van der Waals surface area contributed by atoms with Gasteiger partial charge in [0, 0.05) is 0 Å². The van der Waals surface area contributed by atoms with Gasteiger partial charge in [-0.05, 0) is 114 Å². The van der Waals surface area contributed by atoms with Crippen LogP contribution in [-0.4, -0.2) is 148 Å². The summed E-state index contributed by atoms with van der Waals surface area (Å²) >= 11 is 0. The Kier molecular flexibility index (Phi) is 28.3. The summed E-state index contributed by atoms with van der Waals surface area (Å²) in [6.07, 6.45) is 27.7. The Balaban J connectivity index is 0.000000207. The first-order valence-corrected chi connectivity index (χ1v) is 31.9. The fourth-order valence-electron chi connectivity index (χ4n) is 13.4. The first-order chi connectivity index (χ1) is 39.4. The van der Waals surface area contributed by atoms with E-state index in [1.165, 1.54) is 0 Å². The molecule has 6 saturated heterocycles. The zero-order valence-electron chi connectivity index (χ0n) is 51.9. The van der Waals surface area contributed by atoms with Crippen molar-refractivity contribution in [3.8, 4) is 0 Å². The van der Waals surface area contributed by atoms with Crippen molar-refractivity contribution in [1.82, 2.24) is 0 Å². The van der Waals surface area contributed by atoms with Crippen LogP contribution in [0.15, 0.2) is 48.6 Å². The molecular formula is C68H112O16. The number of ketones is 4. The standard InChI is InChI=1S/2C21H36O4.2C12H16O4.2CH4/c1-6-16(7-2)13-23-20(24-14-17(8-3)9-4)21-11-10-19(25-21)18(12-21)15(5)22;1-6-16(7-2)13-23-20(24-14-17(8-3)9-4)21-11-10-18(25-21)12-19(21)15(5)22;1-8(13)9-7-12(4-3-10(9)16-12)11-14-5-2-6-15-11;1-8(13)10-7-9-3-4-12(10,16-9)11-14-5-2-6-15-11;;/h2*10-11,16-20H,6-9,12-14H2,1-5H3;2*3-4,9-11H,2,5-7H2,1H3;2*1H4. The van der Waals surface area contributed by atoms with Crippen LogP contribution in [0.5, 0.6) is 0 Å². The van der Waals surface area contributed by atoms with Crippen LogP contribution in [0, 0.1) is 47.3 Å². The Morgan fingerprint density at radius 2 is 0.869 bits per heavy atom. The molecule has 12 atom stereocenters. The van der Waals surface area contributed by atoms with E-state index in [0.29, 0.717) is 89.4 Å². The third kappa shape index (κ3) is 16.5. The third-order valence-electron chi connectivity index (χ3n) is 19.4. The molecule has 12 unspecified atom stereocenters. The van der Waals surface area contributed by atoms with Crippen molar-refractivity contribution in [3.63, 3.8) is 0 Å². The zero-order chi connectivity index (χ0) is 59.2. The lowest BCUT2D eigenvalue weighted by Gasteiger charge is -2.38. The van der Waals surface area contributed by atoms with Crippen molar-refractivity contribution in [2.75, 3.05) is 52.9 Å². The van der Waals surface area contributed by atoms with Gasteiger partial charge in [-0.3, -0.25) is 19.2 Å². The van der Waals surface area contributed by atoms with Crippen molar-refractivity contribution >= 4 is 23.1 Å². The summed E-state index contributed by atoms with van der Waals surface area (Å²) in [4.78, 5) is 47.3. The average Bonchev–Trinajstić information content (AvgIpc) is 3.55. The Morgan fingerprint density at radius 1 is 0.452 bits per heavy atom. The van der Waals surface area contributed by atoms with Gasteiger partial charge < -0.3 is 56.8 Å². The molecule has 8 bridgehead atoms. The lowest BCUT2D eigenvalue weighted by atomic mass is 9.80. The van der Waals surface area contributed by atoms with Crippen LogP contribution in [0.1, 0.15) is 188 Å². The van der Waals surface area contributed by atoms with E-state index in [0.717, 1.165) is 77.0 Å². The van der Waals surface area contributed by atoms with Crippen molar-refractivity contribution in [1.29, 1.82) is 0 Å². The number of Topliss-reactive ketones (excluding diaryl/α,β-unsaturated/α-hetero) is 4. The van der Waals surface area contributed by atoms with Crippen molar-refractivity contribution in [2.24, 2.45) is 47.3 Å². The quantitative estimate of drug-likeness (QED) is 0.0533. The van der Waals surface area contributed by atoms with Gasteiger partial charge in [-0.15, -0.1) is 0 Å². The Labute approximate surface area is 505 Å². The van der Waals surface area contributed by atoms with E-state index in [2.05, 4.69) is 67.5 Å². The fraction of sp³-hybridized carbons (Fsp3) is 0.824. The number of ether oxygens (including phenoxy) is 12. The van der Waals surface area contributed by atoms with Crippen molar-refractivity contribution in [2.45, 2.75) is 260 Å². The topological polar surface area (TPSA) is 179 Å². The lowest BCUT2D eigenvalue weighted by molar-refractivity contribution is -0.255. The largest absolute Gasteiger partial charge is 0.358 e. The molecule has 0 aromatic carbocycles. The summed E-state index contributed by atoms with van der Waals surface area (Å²) in [5.41, 5.74) is -2.51. The molecule has 10 aliphatic heterocycles. The molecule has 16 nitrogen and oxygen atoms in total. The van der Waals surface area contributed by atoms with Crippen LogP contribution in [0.2, 0.25) is 0 Å². The van der Waals surface area contributed by atoms with Crippen LogP contribution in [0.25, 0.3) is 0 Å². The molecule has 0 saturated carbocycles. The van der Waals surface area contributed by atoms with Crippen molar-refractivity contribution < 1.29 is 76.0 Å². The van der Waals surface area contributed by atoms with Crippen LogP contribution in [0.3, 0.4) is 0 Å². The maximum absolute atomic E-state index is 12.2. The summed E-state index contributed by atoms with van der Waals surface area (Å²) in [5.74, 6) is 2.38. The Morgan fingerprint density at radius 3 is 1.30 bits per heavy atom. The Bertz CT molecular complexity index is 2140. The number of carbonyl (C=O) groups excluding carboxylic acids is 4. The first kappa shape index (κ1) is 71.9. The molecule has 0 amide bonds. The van der Waals surface area contributed by atoms with Gasteiger partial charge in [0.25, 0.3) is 0 Å². The van der Waals surface area contributed by atoms with E-state index in [1.54, 1.807) is 27.7 Å². The molecule has 0 aliphatic carbocycles. The Hall–Kier alpha value is -2.84. The van der Waals surface area contributed by atoms with Crippen molar-refractivity contribution in [3.05, 3.63) is 48.6 Å². The highest BCUT2D eigenvalue weighted by atomic mass is 16.7. The molecule has 0 N–H and O–H groups in total. The second-order valence-electron chi connectivity index (χ2n) is 24.8. The fourth-order valence-corrected chi connectivity index (χ4v) is 13.4. The summed E-state index contributed by atoms with van der Waals surface area (Å²) in [7, 11) is 0. The highest BCUT2D eigenvalue weighted by Crippen LogP contribution is 2.50. The van der Waals surface area contributed by atoms with Crippen LogP contribution in [0.4, 0.5) is 0 Å². The minimum absolute atomic E-state index is 0. The molecule has 10 heterocycles. The monoisotopic (exact) mass is 1180 g/mol. The smallest absolute Gasteiger partial charge is 0.190 e. The number of fused-ring (bicyclic) bond motifs is 8. The van der Waals surface area contributed by atoms with E-state index in [9.17, 15) is 19.2 Å². The van der Waals surface area contributed by atoms with Gasteiger partial charge in [-0.1, -0.05) is 146 Å². The summed E-state index contributed by atoms with van der Waals surface area (Å²) in [6.45, 7) is 29.5. The van der Waals surface area contributed by atoms with Gasteiger partial charge in [0.05, 0.1) is 101 Å². The average molecular weight is 1190 g/mol. The van der Waals surface area contributed by atoms with E-state index in [4.69, 9.17) is 56.8 Å². The second-order valence-corrected chi connectivity index (χ2v) is 24.8. The first-order valence-electron chi connectivity index (χ1n) is 31.9. The molecule has 0 aromatic rings. The van der Waals surface area contributed by atoms with E-state index >= 15 is 0 Å². The third-order valence-corrected chi connectivity index (χ3v) is 19.4. The molecular weight excluding hydrogens is 1070 g/mol. The van der Waals surface area contributed by atoms with Gasteiger partial charge in [0.1, 0.15) is 45.5 Å². The molecule has 0 aromatic heterocycles. The van der Waals surface area contributed by atoms with Gasteiger partial charge in [0.2, 0.25) is 0 Å². The molecule has 0 radical (unpaired) electrons. The van der Waals surface area contributed by atoms with E-state index in [1.807, 2.05) is 36.5 Å². The van der Waals surface area contributed by atoms with Crippen LogP contribution in [-0.2, 0) is 76.0 Å². The maximum atomic E-state index is 12.2. The number of carbonyl (C=O) groups is 4. The van der Waals surface area contributed by atoms with Gasteiger partial charge in [-0.2, -0.15) is 0 Å². The SMILES string of the molecule is C.C.CC(=O)C1CC2(C3OCCCO3)C=CC1O2.CC(=O)C1CC2C=CC1(C1OCCCO1)O2.CCC(CC)COC(OCC(CC)CC)C12C=CC(CC1C(C)=O)O2.CCC(CC)COC(OCC(CC)CC)C12C=CC(O1)C(C(C)=O)C2.